The molecule has 5 heteroatoms. The Morgan fingerprint density at radius 2 is 1.86 bits per heavy atom. The zero-order valence-electron chi connectivity index (χ0n) is 13.1. The summed E-state index contributed by atoms with van der Waals surface area (Å²) in [5, 5.41) is 3.37. The third-order valence-electron chi connectivity index (χ3n) is 3.16. The molecular weight excluding hydrogens is 295 g/mol. The molecule has 1 nitrogen and oxygen atoms in total. The maximum absolute atomic E-state index is 12.7. The Bertz CT molecular complexity index is 444. The van der Waals surface area contributed by atoms with Crippen molar-refractivity contribution in [2.24, 2.45) is 5.92 Å². The minimum absolute atomic E-state index is 0.0982. The topological polar surface area (TPSA) is 12.0 Å². The molecule has 0 radical (unpaired) electrons. The van der Waals surface area contributed by atoms with Crippen LogP contribution in [0.25, 0.3) is 0 Å². The van der Waals surface area contributed by atoms with Crippen molar-refractivity contribution in [2.75, 3.05) is 18.1 Å². The van der Waals surface area contributed by atoms with Crippen molar-refractivity contribution < 1.29 is 13.2 Å². The molecule has 0 aliphatic heterocycles. The lowest BCUT2D eigenvalue weighted by Crippen LogP contribution is -2.24. The highest BCUT2D eigenvalue weighted by atomic mass is 32.2. The van der Waals surface area contributed by atoms with Crippen LogP contribution in [0.4, 0.5) is 13.2 Å². The third-order valence-corrected chi connectivity index (χ3v) is 4.63. The lowest BCUT2D eigenvalue weighted by Gasteiger charge is -2.21. The van der Waals surface area contributed by atoms with Gasteiger partial charge in [0.1, 0.15) is 0 Å². The normalized spacial score (nSPS) is 13.7. The van der Waals surface area contributed by atoms with Gasteiger partial charge in [0.2, 0.25) is 0 Å². The van der Waals surface area contributed by atoms with Gasteiger partial charge >= 0.3 is 6.18 Å². The van der Waals surface area contributed by atoms with Crippen molar-refractivity contribution in [3.05, 3.63) is 34.9 Å². The number of halogens is 3. The largest absolute Gasteiger partial charge is 0.416 e. The van der Waals surface area contributed by atoms with Gasteiger partial charge in [0.25, 0.3) is 0 Å². The van der Waals surface area contributed by atoms with Gasteiger partial charge < -0.3 is 5.32 Å². The standard InChI is InChI=1S/C16H24F3NS/c1-5-20-15(10-21-9-11(2)3)14-7-6-13(8-12(14)4)16(17,18)19/h6-8,11,15,20H,5,9-10H2,1-4H3. The molecule has 1 aromatic rings. The molecule has 1 atom stereocenters. The molecule has 0 aliphatic carbocycles. The third kappa shape index (κ3) is 5.91. The molecule has 1 aromatic carbocycles. The molecule has 0 aromatic heterocycles. The molecule has 0 saturated carbocycles. The van der Waals surface area contributed by atoms with Crippen LogP contribution in [0.1, 0.15) is 43.5 Å². The van der Waals surface area contributed by atoms with Crippen LogP contribution in [0, 0.1) is 12.8 Å². The Balaban J connectivity index is 2.87. The number of aryl methyl sites for hydroxylation is 1. The maximum Gasteiger partial charge on any atom is 0.416 e. The average molecular weight is 319 g/mol. The molecule has 1 rings (SSSR count). The molecule has 21 heavy (non-hydrogen) atoms. The fraction of sp³-hybridized carbons (Fsp3) is 0.625. The fourth-order valence-corrected chi connectivity index (χ4v) is 3.31. The Morgan fingerprint density at radius 3 is 2.33 bits per heavy atom. The molecule has 0 fully saturated rings. The smallest absolute Gasteiger partial charge is 0.310 e. The first kappa shape index (κ1) is 18.4. The van der Waals surface area contributed by atoms with Crippen LogP contribution in [0.15, 0.2) is 18.2 Å². The van der Waals surface area contributed by atoms with Gasteiger partial charge in [-0.1, -0.05) is 26.8 Å². The van der Waals surface area contributed by atoms with E-state index in [1.165, 1.54) is 12.1 Å². The van der Waals surface area contributed by atoms with Crippen LogP contribution in [0.3, 0.4) is 0 Å². The second kappa shape index (κ2) is 8.08. The summed E-state index contributed by atoms with van der Waals surface area (Å²) in [6.45, 7) is 8.90. The van der Waals surface area contributed by atoms with E-state index >= 15 is 0 Å². The van der Waals surface area contributed by atoms with Crippen LogP contribution in [-0.2, 0) is 6.18 Å². The number of hydrogen-bond donors (Lipinski definition) is 1. The van der Waals surface area contributed by atoms with Crippen LogP contribution < -0.4 is 5.32 Å². The van der Waals surface area contributed by atoms with Gasteiger partial charge in [-0.15, -0.1) is 0 Å². The highest BCUT2D eigenvalue weighted by Gasteiger charge is 2.31. The second-order valence-electron chi connectivity index (χ2n) is 5.61. The molecule has 0 saturated heterocycles. The molecular formula is C16H24F3NS. The Kier molecular flexibility index (Phi) is 7.07. The predicted octanol–water partition coefficient (Wildman–Crippen LogP) is 5.05. The van der Waals surface area contributed by atoms with E-state index in [0.717, 1.165) is 23.6 Å². The molecule has 0 amide bonds. The van der Waals surface area contributed by atoms with Gasteiger partial charge in [0, 0.05) is 11.8 Å². The van der Waals surface area contributed by atoms with Crippen molar-refractivity contribution in [3.63, 3.8) is 0 Å². The van der Waals surface area contributed by atoms with E-state index < -0.39 is 11.7 Å². The monoisotopic (exact) mass is 319 g/mol. The van der Waals surface area contributed by atoms with E-state index in [1.807, 2.05) is 18.7 Å². The second-order valence-corrected chi connectivity index (χ2v) is 6.69. The van der Waals surface area contributed by atoms with Crippen LogP contribution in [0.5, 0.6) is 0 Å². The molecule has 120 valence electrons. The summed E-state index contributed by atoms with van der Waals surface area (Å²) in [6, 6.07) is 4.13. The van der Waals surface area contributed by atoms with Gasteiger partial charge in [-0.3, -0.25) is 0 Å². The van der Waals surface area contributed by atoms with Gasteiger partial charge in [-0.2, -0.15) is 24.9 Å². The molecule has 0 bridgehead atoms. The van der Waals surface area contributed by atoms with E-state index in [0.29, 0.717) is 11.5 Å². The van der Waals surface area contributed by atoms with Gasteiger partial charge in [-0.05, 0) is 48.4 Å². The summed E-state index contributed by atoms with van der Waals surface area (Å²) >= 11 is 1.84. The molecule has 1 unspecified atom stereocenters. The first-order chi connectivity index (χ1) is 9.75. The molecule has 0 heterocycles. The Hall–Kier alpha value is -0.680. The maximum atomic E-state index is 12.7. The Labute approximate surface area is 129 Å². The summed E-state index contributed by atoms with van der Waals surface area (Å²) < 4.78 is 38.2. The quantitative estimate of drug-likeness (QED) is 0.754. The lowest BCUT2D eigenvalue weighted by molar-refractivity contribution is -0.137. The summed E-state index contributed by atoms with van der Waals surface area (Å²) in [7, 11) is 0. The van der Waals surface area contributed by atoms with E-state index in [9.17, 15) is 13.2 Å². The van der Waals surface area contributed by atoms with Crippen molar-refractivity contribution in [2.45, 2.75) is 39.9 Å². The summed E-state index contributed by atoms with van der Waals surface area (Å²) in [6.07, 6.45) is -4.27. The number of thioether (sulfide) groups is 1. The lowest BCUT2D eigenvalue weighted by atomic mass is 9.99. The number of nitrogens with one attached hydrogen (secondary N) is 1. The summed E-state index contributed by atoms with van der Waals surface area (Å²) in [5.41, 5.74) is 1.08. The molecule has 0 spiro atoms. The molecule has 0 aliphatic rings. The summed E-state index contributed by atoms with van der Waals surface area (Å²) in [5.74, 6) is 2.55. The van der Waals surface area contributed by atoms with Crippen LogP contribution in [-0.4, -0.2) is 18.1 Å². The van der Waals surface area contributed by atoms with Crippen LogP contribution >= 0.6 is 11.8 Å². The number of benzene rings is 1. The highest BCUT2D eigenvalue weighted by molar-refractivity contribution is 7.99. The van der Waals surface area contributed by atoms with Crippen molar-refractivity contribution in [3.8, 4) is 0 Å². The first-order valence-corrected chi connectivity index (χ1v) is 8.40. The van der Waals surface area contributed by atoms with E-state index in [4.69, 9.17) is 0 Å². The predicted molar refractivity (Wildman–Crippen MR) is 84.8 cm³/mol. The Morgan fingerprint density at radius 1 is 1.19 bits per heavy atom. The van der Waals surface area contributed by atoms with E-state index in [2.05, 4.69) is 19.2 Å². The van der Waals surface area contributed by atoms with Gasteiger partial charge in [0.15, 0.2) is 0 Å². The van der Waals surface area contributed by atoms with Crippen molar-refractivity contribution >= 4 is 11.8 Å². The first-order valence-electron chi connectivity index (χ1n) is 7.24. The zero-order valence-corrected chi connectivity index (χ0v) is 13.9. The van der Waals surface area contributed by atoms with Crippen LogP contribution in [0.2, 0.25) is 0 Å². The van der Waals surface area contributed by atoms with Crippen molar-refractivity contribution in [1.82, 2.24) is 5.32 Å². The van der Waals surface area contributed by atoms with E-state index in [1.54, 1.807) is 13.0 Å². The zero-order chi connectivity index (χ0) is 16.0. The summed E-state index contributed by atoms with van der Waals surface area (Å²) in [4.78, 5) is 0. The van der Waals surface area contributed by atoms with Gasteiger partial charge in [-0.25, -0.2) is 0 Å². The van der Waals surface area contributed by atoms with Crippen molar-refractivity contribution in [1.29, 1.82) is 0 Å². The fourth-order valence-electron chi connectivity index (χ4n) is 2.17. The number of hydrogen-bond acceptors (Lipinski definition) is 2. The number of alkyl halides is 3. The van der Waals surface area contributed by atoms with E-state index in [-0.39, 0.29) is 6.04 Å². The SMILES string of the molecule is CCNC(CSCC(C)C)c1ccc(C(F)(F)F)cc1C. The molecule has 1 N–H and O–H groups in total. The average Bonchev–Trinajstić information content (AvgIpc) is 2.36. The minimum atomic E-state index is -4.27. The highest BCUT2D eigenvalue weighted by Crippen LogP contribution is 2.32. The van der Waals surface area contributed by atoms with Gasteiger partial charge in [0.05, 0.1) is 5.56 Å². The number of rotatable bonds is 7. The minimum Gasteiger partial charge on any atom is -0.310 e.